The lowest BCUT2D eigenvalue weighted by molar-refractivity contribution is 0.633. The Kier molecular flexibility index (Phi) is 3.20. The van der Waals surface area contributed by atoms with Crippen LogP contribution >= 0.6 is 39.8 Å². The van der Waals surface area contributed by atoms with Gasteiger partial charge in [0.25, 0.3) is 0 Å². The molecule has 0 fully saturated rings. The van der Waals surface area contributed by atoms with Gasteiger partial charge >= 0.3 is 0 Å². The fourth-order valence-electron chi connectivity index (χ4n) is 2.22. The molecule has 0 N–H and O–H groups in total. The molecule has 4 aromatic rings. The number of hydrogen-bond donors (Lipinski definition) is 0. The summed E-state index contributed by atoms with van der Waals surface area (Å²) in [7, 11) is 1.78. The van der Waals surface area contributed by atoms with Crippen molar-refractivity contribution in [3.63, 3.8) is 0 Å². The van der Waals surface area contributed by atoms with Gasteiger partial charge in [0.1, 0.15) is 16.0 Å². The molecule has 3 heterocycles. The Hall–Kier alpha value is -1.12. The number of aryl methyl sites for hydroxylation is 1. The largest absolute Gasteiger partial charge is 0.274 e. The highest BCUT2D eigenvalue weighted by atomic mass is 127. The lowest BCUT2D eigenvalue weighted by Crippen LogP contribution is -1.86. The van der Waals surface area contributed by atoms with Crippen LogP contribution in [-0.2, 0) is 7.05 Å². The molecule has 21 heavy (non-hydrogen) atoms. The molecule has 0 bridgehead atoms. The molecule has 4 rings (SSSR count). The molecule has 1 unspecified atom stereocenters. The zero-order chi connectivity index (χ0) is 14.6. The van der Waals surface area contributed by atoms with Crippen LogP contribution in [0.5, 0.6) is 0 Å². The first-order valence-electron chi connectivity index (χ1n) is 6.00. The SMILES string of the molecule is Cn1cc2cc(-c3nc4cn(PI)nc4s3)cc(F)c2n1. The van der Waals surface area contributed by atoms with E-state index in [1.54, 1.807) is 17.9 Å². The second kappa shape index (κ2) is 4.96. The number of benzene rings is 1. The molecule has 5 nitrogen and oxygen atoms in total. The van der Waals surface area contributed by atoms with E-state index in [0.717, 1.165) is 26.3 Å². The second-order valence-electron chi connectivity index (χ2n) is 4.57. The van der Waals surface area contributed by atoms with Gasteiger partial charge in [-0.15, -0.1) is 0 Å². The van der Waals surface area contributed by atoms with Crippen molar-refractivity contribution in [3.8, 4) is 10.6 Å². The predicted octanol–water partition coefficient (Wildman–Crippen LogP) is 3.98. The zero-order valence-electron chi connectivity index (χ0n) is 10.7. The highest BCUT2D eigenvalue weighted by molar-refractivity contribution is 14.2. The number of hydrogen-bond acceptors (Lipinski definition) is 4. The summed E-state index contributed by atoms with van der Waals surface area (Å²) in [5.74, 6) is -0.324. The van der Waals surface area contributed by atoms with Crippen LogP contribution in [0.25, 0.3) is 31.8 Å². The van der Waals surface area contributed by atoms with E-state index in [1.807, 2.05) is 16.7 Å². The first kappa shape index (κ1) is 13.5. The lowest BCUT2D eigenvalue weighted by Gasteiger charge is -1.97. The van der Waals surface area contributed by atoms with Gasteiger partial charge in [0.2, 0.25) is 0 Å². The number of thiazole rings is 1. The Bertz CT molecular complexity index is 943. The smallest absolute Gasteiger partial charge is 0.166 e. The van der Waals surface area contributed by atoms with Gasteiger partial charge in [-0.2, -0.15) is 10.2 Å². The summed E-state index contributed by atoms with van der Waals surface area (Å²) in [6.07, 6.45) is 4.27. The first-order chi connectivity index (χ1) is 10.1. The van der Waals surface area contributed by atoms with Crippen LogP contribution in [0.4, 0.5) is 4.39 Å². The standard InChI is InChI=1S/C12H8FIN5PS/c1-18-4-7-2-6(3-8(13)10(7)16-18)11-15-9-5-19(20-14)17-12(9)21-11/h2-5,20H,1H3. The molecule has 0 saturated heterocycles. The van der Waals surface area contributed by atoms with Gasteiger partial charge < -0.3 is 0 Å². The normalized spacial score (nSPS) is 12.3. The molecular formula is C12H8FIN5PS. The number of nitrogens with zero attached hydrogens (tertiary/aromatic N) is 5. The maximum atomic E-state index is 14.1. The molecule has 0 amide bonds. The summed E-state index contributed by atoms with van der Waals surface area (Å²) in [6, 6.07) is 3.40. The minimum absolute atomic E-state index is 0.324. The van der Waals surface area contributed by atoms with Crippen LogP contribution in [0.2, 0.25) is 0 Å². The first-order valence-corrected chi connectivity index (χ1v) is 10.9. The van der Waals surface area contributed by atoms with Gasteiger partial charge in [-0.25, -0.2) is 13.8 Å². The molecule has 0 aliphatic heterocycles. The van der Waals surface area contributed by atoms with Gasteiger partial charge in [-0.1, -0.05) is 11.3 Å². The fraction of sp³-hybridized carbons (Fsp3) is 0.0833. The Morgan fingerprint density at radius 3 is 2.90 bits per heavy atom. The van der Waals surface area contributed by atoms with Crippen LogP contribution < -0.4 is 0 Å². The summed E-state index contributed by atoms with van der Waals surface area (Å²) in [5.41, 5.74) is 2.00. The van der Waals surface area contributed by atoms with Gasteiger partial charge in [0.05, 0.1) is 12.6 Å². The highest BCUT2D eigenvalue weighted by Gasteiger charge is 2.14. The van der Waals surface area contributed by atoms with Crippen LogP contribution in [0.1, 0.15) is 0 Å². The van der Waals surface area contributed by atoms with Crippen LogP contribution in [0.3, 0.4) is 0 Å². The minimum Gasteiger partial charge on any atom is -0.274 e. The molecular weight excluding hydrogens is 423 g/mol. The average molecular weight is 431 g/mol. The summed E-state index contributed by atoms with van der Waals surface area (Å²) in [6.45, 7) is 0. The molecule has 0 aliphatic rings. The van der Waals surface area contributed by atoms with Crippen molar-refractivity contribution in [3.05, 3.63) is 30.3 Å². The molecule has 0 aliphatic carbocycles. The summed E-state index contributed by atoms with van der Waals surface area (Å²) < 4.78 is 17.6. The number of rotatable bonds is 2. The third kappa shape index (κ3) is 2.25. The van der Waals surface area contributed by atoms with Crippen molar-refractivity contribution in [2.45, 2.75) is 0 Å². The van der Waals surface area contributed by atoms with Crippen molar-refractivity contribution < 1.29 is 4.39 Å². The Morgan fingerprint density at radius 1 is 1.29 bits per heavy atom. The van der Waals surface area contributed by atoms with Crippen molar-refractivity contribution in [2.75, 3.05) is 0 Å². The van der Waals surface area contributed by atoms with Crippen LogP contribution in [0.15, 0.2) is 24.5 Å². The average Bonchev–Trinajstić information content (AvgIpc) is 3.09. The summed E-state index contributed by atoms with van der Waals surface area (Å²) >= 11 is 3.74. The molecule has 0 spiro atoms. The van der Waals surface area contributed by atoms with E-state index in [9.17, 15) is 4.39 Å². The molecule has 1 aromatic carbocycles. The van der Waals surface area contributed by atoms with E-state index in [-0.39, 0.29) is 5.82 Å². The van der Waals surface area contributed by atoms with E-state index >= 15 is 0 Å². The lowest BCUT2D eigenvalue weighted by atomic mass is 10.1. The van der Waals surface area contributed by atoms with Crippen molar-refractivity contribution in [1.82, 2.24) is 24.3 Å². The monoisotopic (exact) mass is 431 g/mol. The van der Waals surface area contributed by atoms with Gasteiger partial charge in [-0.3, -0.25) is 4.68 Å². The number of fused-ring (bicyclic) bond motifs is 2. The second-order valence-corrected chi connectivity index (χ2v) is 7.62. The van der Waals surface area contributed by atoms with Crippen molar-refractivity contribution in [1.29, 1.82) is 0 Å². The summed E-state index contributed by atoms with van der Waals surface area (Å²) in [5, 5.41) is 10.1. The Balaban J connectivity index is 1.88. The Labute approximate surface area is 137 Å². The third-order valence-electron chi connectivity index (χ3n) is 3.09. The van der Waals surface area contributed by atoms with E-state index < -0.39 is 0 Å². The zero-order valence-corrected chi connectivity index (χ0v) is 14.7. The van der Waals surface area contributed by atoms with E-state index in [4.69, 9.17) is 0 Å². The molecule has 0 saturated carbocycles. The fourth-order valence-corrected chi connectivity index (χ4v) is 4.24. The summed E-state index contributed by atoms with van der Waals surface area (Å²) in [4.78, 5) is 5.42. The minimum atomic E-state index is -0.324. The number of aromatic nitrogens is 5. The quantitative estimate of drug-likeness (QED) is 0.357. The van der Waals surface area contributed by atoms with E-state index in [2.05, 4.69) is 37.2 Å². The van der Waals surface area contributed by atoms with Crippen molar-refractivity contribution >= 4 is 61.0 Å². The van der Waals surface area contributed by atoms with E-state index in [1.165, 1.54) is 17.4 Å². The molecule has 1 atom stereocenters. The van der Waals surface area contributed by atoms with Gasteiger partial charge in [0.15, 0.2) is 10.6 Å². The van der Waals surface area contributed by atoms with Crippen molar-refractivity contribution in [2.24, 2.45) is 7.05 Å². The van der Waals surface area contributed by atoms with Gasteiger partial charge in [0, 0.05) is 24.2 Å². The molecule has 3 aromatic heterocycles. The van der Waals surface area contributed by atoms with Gasteiger partial charge in [-0.05, 0) is 34.2 Å². The maximum Gasteiger partial charge on any atom is 0.166 e. The molecule has 9 heteroatoms. The third-order valence-corrected chi connectivity index (χ3v) is 5.98. The highest BCUT2D eigenvalue weighted by Crippen LogP contribution is 2.34. The molecule has 106 valence electrons. The van der Waals surface area contributed by atoms with E-state index in [0.29, 0.717) is 11.9 Å². The molecule has 0 radical (unpaired) electrons. The van der Waals surface area contributed by atoms with Crippen LogP contribution in [-0.4, -0.2) is 24.3 Å². The Morgan fingerprint density at radius 2 is 2.14 bits per heavy atom. The number of halogens is 2. The topological polar surface area (TPSA) is 48.5 Å². The van der Waals surface area contributed by atoms with Crippen LogP contribution in [0, 0.1) is 5.82 Å². The predicted molar refractivity (Wildman–Crippen MR) is 92.8 cm³/mol. The maximum absolute atomic E-state index is 14.1.